The summed E-state index contributed by atoms with van der Waals surface area (Å²) in [6, 6.07) is 27.7. The summed E-state index contributed by atoms with van der Waals surface area (Å²) >= 11 is 0. The largest absolute Gasteiger partial charge is 0.834 e. The predicted molar refractivity (Wildman–Crippen MR) is 130 cm³/mol. The van der Waals surface area contributed by atoms with Gasteiger partial charge in [0.2, 0.25) is 0 Å². The maximum atomic E-state index is 13.9. The van der Waals surface area contributed by atoms with E-state index in [0.29, 0.717) is 24.3 Å². The van der Waals surface area contributed by atoms with Crippen molar-refractivity contribution in [3.63, 3.8) is 0 Å². The number of nitrogens with zero attached hydrogens (tertiary/aromatic N) is 1. The first kappa shape index (κ1) is 24.1. The van der Waals surface area contributed by atoms with Gasteiger partial charge in [0.1, 0.15) is 6.54 Å². The fourth-order valence-electron chi connectivity index (χ4n) is 4.73. The number of quaternary nitrogens is 1. The Labute approximate surface area is 202 Å². The molecule has 4 rings (SSSR count). The van der Waals surface area contributed by atoms with Crippen LogP contribution >= 0.6 is 0 Å². The molecule has 0 aliphatic carbocycles. The average molecular weight is 460 g/mol. The van der Waals surface area contributed by atoms with Crippen LogP contribution in [0.15, 0.2) is 91.0 Å². The highest BCUT2D eigenvalue weighted by Gasteiger charge is 2.37. The van der Waals surface area contributed by atoms with Crippen LogP contribution in [0.25, 0.3) is 0 Å². The minimum atomic E-state index is -2.08. The van der Waals surface area contributed by atoms with Crippen molar-refractivity contribution in [2.45, 2.75) is 18.6 Å². The van der Waals surface area contributed by atoms with Crippen molar-refractivity contribution >= 4 is 5.97 Å². The molecule has 3 aromatic rings. The molecule has 2 atom stereocenters. The molecule has 0 N–H and O–H groups in total. The third-order valence-corrected chi connectivity index (χ3v) is 6.76. The molecule has 34 heavy (non-hydrogen) atoms. The van der Waals surface area contributed by atoms with Gasteiger partial charge in [0.15, 0.2) is 0 Å². The van der Waals surface area contributed by atoms with E-state index in [0.717, 1.165) is 30.5 Å². The van der Waals surface area contributed by atoms with Crippen LogP contribution in [-0.2, 0) is 26.5 Å². The molecule has 0 spiro atoms. The lowest BCUT2D eigenvalue weighted by Crippen LogP contribution is -2.50. The third-order valence-electron chi connectivity index (χ3n) is 6.76. The Balaban J connectivity index is 1.31. The zero-order chi connectivity index (χ0) is 23.9. The molecular formula is C29H33NO4. The van der Waals surface area contributed by atoms with Crippen LogP contribution in [0.4, 0.5) is 0 Å². The number of ether oxygens (including phenoxy) is 2. The van der Waals surface area contributed by atoms with Gasteiger partial charge in [-0.05, 0) is 16.7 Å². The van der Waals surface area contributed by atoms with Crippen molar-refractivity contribution in [1.82, 2.24) is 0 Å². The number of carbonyl (C=O) groups excluding carboxylic acids is 1. The summed E-state index contributed by atoms with van der Waals surface area (Å²) in [7, 11) is 2.22. The summed E-state index contributed by atoms with van der Waals surface area (Å²) in [5.41, 5.74) is -0.109. The van der Waals surface area contributed by atoms with Crippen molar-refractivity contribution in [3.05, 3.63) is 108 Å². The second kappa shape index (κ2) is 11.0. The minimum Gasteiger partial charge on any atom is -0.834 e. The number of hydrogen-bond donors (Lipinski definition) is 0. The average Bonchev–Trinajstić information content (AvgIpc) is 3.27. The highest BCUT2D eigenvalue weighted by atomic mass is 16.5. The molecule has 0 amide bonds. The van der Waals surface area contributed by atoms with Gasteiger partial charge in [0, 0.05) is 17.9 Å². The minimum absolute atomic E-state index is 0.235. The summed E-state index contributed by atoms with van der Waals surface area (Å²) in [5.74, 6) is -0.504. The van der Waals surface area contributed by atoms with Gasteiger partial charge in [0.05, 0.1) is 40.0 Å². The summed E-state index contributed by atoms with van der Waals surface area (Å²) in [6.07, 6.45) is 0.963. The van der Waals surface area contributed by atoms with Crippen molar-refractivity contribution in [1.29, 1.82) is 0 Å². The predicted octanol–water partition coefficient (Wildman–Crippen LogP) is 3.52. The van der Waals surface area contributed by atoms with Crippen molar-refractivity contribution in [3.8, 4) is 0 Å². The highest BCUT2D eigenvalue weighted by molar-refractivity contribution is 5.85. The van der Waals surface area contributed by atoms with E-state index < -0.39 is 11.6 Å². The number of likely N-dealkylation sites (tertiary alicyclic amines) is 1. The van der Waals surface area contributed by atoms with E-state index >= 15 is 0 Å². The molecule has 1 saturated heterocycles. The molecule has 0 bridgehead atoms. The second-order valence-electron chi connectivity index (χ2n) is 9.45. The Morgan fingerprint density at radius 2 is 1.50 bits per heavy atom. The molecule has 5 nitrogen and oxygen atoms in total. The Morgan fingerprint density at radius 3 is 2.09 bits per heavy atom. The number of likely N-dealkylation sites (N-methyl/N-ethyl adjacent to an activating group) is 1. The number of esters is 1. The standard InChI is InChI=1S/C29H33NO4/c1-30(19-20-33-22-24-11-5-2-6-12-24)18-17-25(21-30)23-34-28(31)29(32,26-13-7-3-8-14-26)27-15-9-4-10-16-27/h2-16,25H,17-23H2,1H3/t25-,30?/m0/s1. The van der Waals surface area contributed by atoms with Gasteiger partial charge in [-0.25, -0.2) is 0 Å². The molecule has 1 heterocycles. The van der Waals surface area contributed by atoms with Crippen molar-refractivity contribution < 1.29 is 23.9 Å². The number of benzene rings is 3. The van der Waals surface area contributed by atoms with Crippen LogP contribution in [0.1, 0.15) is 23.1 Å². The normalized spacial score (nSPS) is 20.2. The molecule has 1 aliphatic rings. The summed E-state index contributed by atoms with van der Waals surface area (Å²) < 4.78 is 12.5. The lowest BCUT2D eigenvalue weighted by molar-refractivity contribution is -0.899. The van der Waals surface area contributed by atoms with E-state index in [1.165, 1.54) is 5.56 Å². The summed E-state index contributed by atoms with van der Waals surface area (Å²) in [6.45, 7) is 4.40. The Bertz CT molecular complexity index is 1000. The van der Waals surface area contributed by atoms with E-state index in [4.69, 9.17) is 9.47 Å². The van der Waals surface area contributed by atoms with Gasteiger partial charge in [0.25, 0.3) is 0 Å². The zero-order valence-corrected chi connectivity index (χ0v) is 19.8. The molecule has 5 heteroatoms. The maximum absolute atomic E-state index is 13.9. The lowest BCUT2D eigenvalue weighted by atomic mass is 9.86. The Morgan fingerprint density at radius 1 is 0.941 bits per heavy atom. The fraction of sp³-hybridized carbons (Fsp3) is 0.345. The Hall–Kier alpha value is -2.99. The lowest BCUT2D eigenvalue weighted by Gasteiger charge is -2.39. The van der Waals surface area contributed by atoms with Crippen molar-refractivity contribution in [2.75, 3.05) is 39.9 Å². The fourth-order valence-corrected chi connectivity index (χ4v) is 4.73. The molecule has 3 aromatic carbocycles. The first-order chi connectivity index (χ1) is 16.5. The van der Waals surface area contributed by atoms with Crippen molar-refractivity contribution in [2.24, 2.45) is 5.92 Å². The quantitative estimate of drug-likeness (QED) is 0.264. The molecule has 1 unspecified atom stereocenters. The molecule has 1 aliphatic heterocycles. The van der Waals surface area contributed by atoms with Crippen LogP contribution in [0.3, 0.4) is 0 Å². The summed E-state index contributed by atoms with van der Waals surface area (Å²) in [5, 5.41) is 13.9. The van der Waals surface area contributed by atoms with Gasteiger partial charge >= 0.3 is 5.97 Å². The van der Waals surface area contributed by atoms with Gasteiger partial charge in [-0.3, -0.25) is 4.79 Å². The van der Waals surface area contributed by atoms with Crippen LogP contribution < -0.4 is 5.11 Å². The smallest absolute Gasteiger partial charge is 0.304 e. The van der Waals surface area contributed by atoms with Crippen LogP contribution in [-0.4, -0.2) is 50.3 Å². The number of hydrogen-bond acceptors (Lipinski definition) is 4. The van der Waals surface area contributed by atoms with Crippen LogP contribution in [0.2, 0.25) is 0 Å². The zero-order valence-electron chi connectivity index (χ0n) is 19.8. The van der Waals surface area contributed by atoms with Crippen LogP contribution in [0.5, 0.6) is 0 Å². The van der Waals surface area contributed by atoms with E-state index in [1.807, 2.05) is 30.3 Å². The van der Waals surface area contributed by atoms with Gasteiger partial charge < -0.3 is 19.1 Å². The first-order valence-electron chi connectivity index (χ1n) is 11.9. The monoisotopic (exact) mass is 459 g/mol. The van der Waals surface area contributed by atoms with E-state index in [-0.39, 0.29) is 12.5 Å². The Kier molecular flexibility index (Phi) is 7.78. The molecule has 178 valence electrons. The van der Waals surface area contributed by atoms with Gasteiger partial charge in [-0.15, -0.1) is 0 Å². The second-order valence-corrected chi connectivity index (χ2v) is 9.45. The van der Waals surface area contributed by atoms with E-state index in [9.17, 15) is 9.90 Å². The topological polar surface area (TPSA) is 58.6 Å². The molecule has 0 saturated carbocycles. The van der Waals surface area contributed by atoms with Gasteiger partial charge in [-0.2, -0.15) is 0 Å². The number of carbonyl (C=O) groups is 1. The van der Waals surface area contributed by atoms with E-state index in [2.05, 4.69) is 19.2 Å². The summed E-state index contributed by atoms with van der Waals surface area (Å²) in [4.78, 5) is 13.2. The molecule has 1 fully saturated rings. The van der Waals surface area contributed by atoms with E-state index in [1.54, 1.807) is 48.5 Å². The maximum Gasteiger partial charge on any atom is 0.304 e. The highest BCUT2D eigenvalue weighted by Crippen LogP contribution is 2.29. The van der Waals surface area contributed by atoms with Crippen LogP contribution in [0, 0.1) is 5.92 Å². The van der Waals surface area contributed by atoms with Gasteiger partial charge in [-0.1, -0.05) is 91.0 Å². The molecular weight excluding hydrogens is 426 g/mol. The molecule has 0 radical (unpaired) electrons. The molecule has 0 aromatic heterocycles. The first-order valence-corrected chi connectivity index (χ1v) is 11.9. The third kappa shape index (κ3) is 5.73. The SMILES string of the molecule is C[N+]1(CCOCc2ccccc2)CC[C@H](COC(=O)C([O-])(c2ccccc2)c2ccccc2)C1. The number of rotatable bonds is 10.